The van der Waals surface area contributed by atoms with Crippen LogP contribution in [0.1, 0.15) is 98.3 Å². The Morgan fingerprint density at radius 2 is 1.22 bits per heavy atom. The molecule has 1 aliphatic rings. The molecule has 3 aromatic heterocycles. The van der Waals surface area contributed by atoms with Gasteiger partial charge in [0.15, 0.2) is 0 Å². The van der Waals surface area contributed by atoms with Crippen molar-refractivity contribution in [1.29, 1.82) is 0 Å². The van der Waals surface area contributed by atoms with Gasteiger partial charge in [-0.25, -0.2) is 0 Å². The summed E-state index contributed by atoms with van der Waals surface area (Å²) in [6.07, 6.45) is 1.83. The summed E-state index contributed by atoms with van der Waals surface area (Å²) in [5.74, 6) is 1.61. The van der Waals surface area contributed by atoms with Gasteiger partial charge < -0.3 is 0 Å². The van der Waals surface area contributed by atoms with Gasteiger partial charge in [-0.1, -0.05) is 41.5 Å². The molecule has 10 aromatic rings. The molecule has 0 fully saturated rings. The van der Waals surface area contributed by atoms with Gasteiger partial charge in [-0.05, 0) is 45.9 Å². The zero-order valence-corrected chi connectivity index (χ0v) is 42.0. The van der Waals surface area contributed by atoms with E-state index in [1.165, 1.54) is 11.1 Å². The van der Waals surface area contributed by atoms with E-state index in [0.717, 1.165) is 33.2 Å². The number of ether oxygens (including phenoxy) is 1. The molecule has 0 radical (unpaired) electrons. The molecule has 3 heterocycles. The van der Waals surface area contributed by atoms with Crippen molar-refractivity contribution in [2.45, 2.75) is 85.5 Å². The predicted molar refractivity (Wildman–Crippen MR) is 276 cm³/mol. The van der Waals surface area contributed by atoms with Crippen molar-refractivity contribution >= 4 is 32.8 Å². The van der Waals surface area contributed by atoms with E-state index in [2.05, 4.69) is 109 Å². The van der Waals surface area contributed by atoms with Crippen LogP contribution in [0.5, 0.6) is 11.5 Å². The number of aromatic nitrogens is 4. The topological polar surface area (TPSA) is 36.9 Å². The zero-order valence-electron chi connectivity index (χ0n) is 49.8. The first-order valence-corrected chi connectivity index (χ1v) is 23.9. The molecule has 0 amide bonds. The van der Waals surface area contributed by atoms with Crippen LogP contribution in [0.2, 0.25) is 0 Å². The predicted octanol–water partition coefficient (Wildman–Crippen LogP) is 15.9. The summed E-state index contributed by atoms with van der Waals surface area (Å²) >= 11 is 2.18. The van der Waals surface area contributed by atoms with Crippen LogP contribution in [-0.4, -0.2) is 18.7 Å². The molecular weight excluding hydrogens is 1010 g/mol. The molecular formula is C62H56N4OPt-2. The molecule has 0 bridgehead atoms. The van der Waals surface area contributed by atoms with Crippen molar-refractivity contribution in [3.63, 3.8) is 0 Å². The Labute approximate surface area is 425 Å². The summed E-state index contributed by atoms with van der Waals surface area (Å²) in [5.41, 5.74) is 7.60. The molecule has 0 saturated carbocycles. The van der Waals surface area contributed by atoms with Crippen LogP contribution in [0.4, 0.5) is 0 Å². The fraction of sp³-hybridized carbons (Fsp3) is 0.226. The minimum atomic E-state index is -0.633. The van der Waals surface area contributed by atoms with Gasteiger partial charge in [0.25, 0.3) is 0 Å². The Morgan fingerprint density at radius 1 is 0.618 bits per heavy atom. The normalized spacial score (nSPS) is 17.1. The van der Waals surface area contributed by atoms with E-state index in [1.807, 2.05) is 90.7 Å². The monoisotopic (exact) mass is 1080 g/mol. The maximum atomic E-state index is 9.32. The quantitative estimate of drug-likeness (QED) is 0.149. The van der Waals surface area contributed by atoms with E-state index >= 15 is 0 Å². The first-order chi connectivity index (χ1) is 36.6. The van der Waals surface area contributed by atoms with Gasteiger partial charge in [0.05, 0.1) is 0 Å². The second kappa shape index (κ2) is 15.8. The number of pyridine rings is 1. The van der Waals surface area contributed by atoms with Crippen LogP contribution in [0.25, 0.3) is 72.3 Å². The molecule has 0 aliphatic heterocycles. The molecule has 0 atom stereocenters. The number of nitrogens with zero attached hydrogens (tertiary/aromatic N) is 4. The van der Waals surface area contributed by atoms with E-state index in [1.54, 1.807) is 12.1 Å². The molecule has 68 heavy (non-hydrogen) atoms. The van der Waals surface area contributed by atoms with Crippen molar-refractivity contribution in [3.05, 3.63) is 196 Å². The molecule has 5 nitrogen and oxygen atoms in total. The number of para-hydroxylation sites is 2. The summed E-state index contributed by atoms with van der Waals surface area (Å²) in [6, 6.07) is 31.5. The maximum absolute atomic E-state index is 9.32. The van der Waals surface area contributed by atoms with Gasteiger partial charge in [-0.15, -0.1) is 0 Å². The van der Waals surface area contributed by atoms with Crippen molar-refractivity contribution in [1.82, 2.24) is 18.7 Å². The van der Waals surface area contributed by atoms with Gasteiger partial charge in [-0.2, -0.15) is 0 Å². The van der Waals surface area contributed by atoms with E-state index in [0.29, 0.717) is 37.6 Å². The first-order valence-electron chi connectivity index (χ1n) is 27.8. The molecule has 6 heteroatoms. The number of rotatable bonds is 7. The van der Waals surface area contributed by atoms with Crippen molar-refractivity contribution in [3.8, 4) is 50.9 Å². The average Bonchev–Trinajstić information content (AvgIpc) is 3.86. The van der Waals surface area contributed by atoms with Gasteiger partial charge in [0, 0.05) is 6.20 Å². The molecule has 0 unspecified atom stereocenters. The standard InChI is InChI=1S/C62H56N4O.Pt/c1-40-30-31-63-57(32-40)66-55-36-46(28-29-47(55)50-37-51-52(38-56(50)66)61(7,8)62(9,10)60(51,5)6)67-45-25-19-24-44(35-45)64-39-65(54-27-18-17-26-53(54)64)58-48(41-20-13-11-14-21-41)33-43(59(2,3)4)34-49(58)42-22-15-12-16-23-42;/h11-34,37-38H,1-10H3;/q-2;/i11D,12D,13D,14D,15D,16D,20D,21D,22D,23D;. The van der Waals surface area contributed by atoms with Crippen LogP contribution >= 0.6 is 0 Å². The van der Waals surface area contributed by atoms with Gasteiger partial charge in [-0.3, -0.25) is 0 Å². The number of hydrogen-bond acceptors (Lipinski definition) is 2. The summed E-state index contributed by atoms with van der Waals surface area (Å²) in [4.78, 5) is 4.89. The van der Waals surface area contributed by atoms with Crippen molar-refractivity contribution in [2.24, 2.45) is 5.41 Å². The van der Waals surface area contributed by atoms with Gasteiger partial charge in [0.2, 0.25) is 0 Å². The molecule has 7 aromatic carbocycles. The Bertz CT molecular complexity index is 4160. The van der Waals surface area contributed by atoms with E-state index in [9.17, 15) is 5.48 Å². The first kappa shape index (κ1) is 33.8. The molecule has 11 rings (SSSR count). The van der Waals surface area contributed by atoms with E-state index in [4.69, 9.17) is 17.9 Å². The van der Waals surface area contributed by atoms with Crippen molar-refractivity contribution < 1.29 is 37.8 Å². The Hall–Kier alpha value is -6.55. The molecule has 0 spiro atoms. The fourth-order valence-electron chi connectivity index (χ4n) is 10.2. The summed E-state index contributed by atoms with van der Waals surface area (Å²) < 4.78 is 103. The SMILES string of the molecule is [2H]c1c([2H])c([2H])c(-c2cc(C(C)(C)C)cc(-c3c([2H])c([2H])c([2H])c([2H])c3[2H])c2-n2[c](=[Pt])n(-c3[c-]c(Oc4[c-]c5c(cc4)c4cc6c(cc4n5-c4cc(C)ccn4)C(C)(C)C(C)(C)C6(C)C)ccc3)c3ccccc32)c([2H])c1[2H]. The molecule has 0 saturated heterocycles. The summed E-state index contributed by atoms with van der Waals surface area (Å²) in [6.45, 7) is 22.0. The number of fused-ring (bicyclic) bond motifs is 5. The molecule has 342 valence electrons. The third-order valence-electron chi connectivity index (χ3n) is 15.0. The Balaban J connectivity index is 1.13. The third kappa shape index (κ3) is 6.75. The van der Waals surface area contributed by atoms with Crippen LogP contribution in [-0.2, 0) is 35.6 Å². The summed E-state index contributed by atoms with van der Waals surface area (Å²) in [7, 11) is 0. The Kier molecular flexibility index (Phi) is 7.84. The van der Waals surface area contributed by atoms with Gasteiger partial charge in [0.1, 0.15) is 0 Å². The van der Waals surface area contributed by atoms with Gasteiger partial charge >= 0.3 is 333 Å². The fourth-order valence-corrected chi connectivity index (χ4v) is 11.2. The number of aryl methyl sites for hydroxylation is 1. The third-order valence-corrected chi connectivity index (χ3v) is 16.1. The molecule has 1 aliphatic carbocycles. The van der Waals surface area contributed by atoms with Crippen molar-refractivity contribution in [2.75, 3.05) is 0 Å². The van der Waals surface area contributed by atoms with Crippen LogP contribution in [0.3, 0.4) is 0 Å². The Morgan fingerprint density at radius 3 is 1.84 bits per heavy atom. The second-order valence-electron chi connectivity index (χ2n) is 20.5. The molecule has 0 N–H and O–H groups in total. The summed E-state index contributed by atoms with van der Waals surface area (Å²) in [5, 5.41) is 2.11. The second-order valence-corrected chi connectivity index (χ2v) is 21.5. The number of hydrogen-bond donors (Lipinski definition) is 0. The zero-order chi connectivity index (χ0) is 56.2. The van der Waals surface area contributed by atoms with Crippen LogP contribution < -0.4 is 4.74 Å². The van der Waals surface area contributed by atoms with Crippen LogP contribution in [0, 0.1) is 28.3 Å². The minimum absolute atomic E-state index is 0.0291. The number of imidazole rings is 1. The average molecular weight is 1080 g/mol. The van der Waals surface area contributed by atoms with Crippen LogP contribution in [0.15, 0.2) is 158 Å². The van der Waals surface area contributed by atoms with E-state index in [-0.39, 0.29) is 44.2 Å². The van der Waals surface area contributed by atoms with E-state index < -0.39 is 65.8 Å². The number of benzene rings is 7.